The van der Waals surface area contributed by atoms with E-state index in [1.54, 1.807) is 35.4 Å². The van der Waals surface area contributed by atoms with Crippen LogP contribution < -0.4 is 19.5 Å². The minimum absolute atomic E-state index is 0.0119. The summed E-state index contributed by atoms with van der Waals surface area (Å²) in [5, 5.41) is 3.36. The van der Waals surface area contributed by atoms with Crippen LogP contribution in [0.4, 0.5) is 0 Å². The fourth-order valence-electron chi connectivity index (χ4n) is 2.90. The fraction of sp³-hybridized carbons (Fsp3) is 0.391. The molecule has 0 aliphatic carbocycles. The van der Waals surface area contributed by atoms with E-state index in [4.69, 9.17) is 14.2 Å². The summed E-state index contributed by atoms with van der Waals surface area (Å²) in [5.74, 6) is 2.83. The molecule has 0 atom stereocenters. The molecule has 0 bridgehead atoms. The molecule has 8 nitrogen and oxygen atoms in total. The van der Waals surface area contributed by atoms with Gasteiger partial charge in [-0.3, -0.25) is 9.79 Å². The second-order valence-corrected chi connectivity index (χ2v) is 7.16. The summed E-state index contributed by atoms with van der Waals surface area (Å²) in [4.78, 5) is 19.6. The van der Waals surface area contributed by atoms with Crippen molar-refractivity contribution >= 4 is 11.9 Å². The zero-order valence-corrected chi connectivity index (χ0v) is 19.1. The number of carbonyl (C=O) groups is 1. The third-order valence-electron chi connectivity index (χ3n) is 4.69. The molecule has 0 aromatic heterocycles. The van der Waals surface area contributed by atoms with Crippen molar-refractivity contribution < 1.29 is 19.0 Å². The van der Waals surface area contributed by atoms with Gasteiger partial charge < -0.3 is 29.3 Å². The molecule has 0 unspecified atom stereocenters. The molecule has 0 fully saturated rings. The van der Waals surface area contributed by atoms with E-state index in [9.17, 15) is 4.79 Å². The number of nitrogens with one attached hydrogen (secondary N) is 1. The van der Waals surface area contributed by atoms with Crippen molar-refractivity contribution in [1.82, 2.24) is 15.1 Å². The standard InChI is InChI=1S/C23H32N4O4/c1-24-23(27(4)15-18-10-11-19(29-5)13-21(18)30-6)25-14-17-8-7-9-20(12-17)31-16-22(28)26(2)3/h7-13H,14-16H2,1-6H3,(H,24,25). The van der Waals surface area contributed by atoms with Crippen molar-refractivity contribution in [2.75, 3.05) is 49.0 Å². The number of aliphatic imine (C=N–C) groups is 1. The predicted octanol–water partition coefficient (Wildman–Crippen LogP) is 2.38. The monoisotopic (exact) mass is 428 g/mol. The molecule has 8 heteroatoms. The van der Waals surface area contributed by atoms with Crippen molar-refractivity contribution in [3.8, 4) is 17.2 Å². The number of rotatable bonds is 9. The number of benzene rings is 2. The topological polar surface area (TPSA) is 75.6 Å². The van der Waals surface area contributed by atoms with Crippen LogP contribution in [0.5, 0.6) is 17.2 Å². The zero-order valence-electron chi connectivity index (χ0n) is 19.1. The smallest absolute Gasteiger partial charge is 0.259 e. The van der Waals surface area contributed by atoms with Gasteiger partial charge in [-0.2, -0.15) is 0 Å². The van der Waals surface area contributed by atoms with E-state index in [0.29, 0.717) is 18.8 Å². The van der Waals surface area contributed by atoms with Gasteiger partial charge in [0.05, 0.1) is 14.2 Å². The van der Waals surface area contributed by atoms with E-state index in [1.165, 1.54) is 4.90 Å². The summed E-state index contributed by atoms with van der Waals surface area (Å²) >= 11 is 0. The van der Waals surface area contributed by atoms with Crippen LogP contribution in [-0.4, -0.2) is 70.7 Å². The zero-order chi connectivity index (χ0) is 22.8. The average molecular weight is 429 g/mol. The molecule has 2 aromatic carbocycles. The van der Waals surface area contributed by atoms with E-state index < -0.39 is 0 Å². The average Bonchev–Trinajstić information content (AvgIpc) is 2.78. The van der Waals surface area contributed by atoms with Crippen LogP contribution in [0.25, 0.3) is 0 Å². The lowest BCUT2D eigenvalue weighted by atomic mass is 10.2. The minimum atomic E-state index is -0.0838. The Morgan fingerprint density at radius 1 is 1.03 bits per heavy atom. The molecule has 31 heavy (non-hydrogen) atoms. The Bertz CT molecular complexity index is 899. The molecule has 168 valence electrons. The van der Waals surface area contributed by atoms with E-state index in [-0.39, 0.29) is 12.5 Å². The van der Waals surface area contributed by atoms with Crippen LogP contribution in [0.2, 0.25) is 0 Å². The summed E-state index contributed by atoms with van der Waals surface area (Å²) in [6.45, 7) is 1.19. The Labute approximate surface area is 184 Å². The van der Waals surface area contributed by atoms with Gasteiger partial charge in [0, 0.05) is 52.9 Å². The number of methoxy groups -OCH3 is 2. The molecule has 0 heterocycles. The first kappa shape index (κ1) is 23.9. The number of likely N-dealkylation sites (N-methyl/N-ethyl adjacent to an activating group) is 1. The molecule has 0 spiro atoms. The van der Waals surface area contributed by atoms with E-state index in [2.05, 4.69) is 10.3 Å². The Kier molecular flexibility index (Phi) is 8.99. The molecule has 0 saturated carbocycles. The maximum absolute atomic E-state index is 11.7. The summed E-state index contributed by atoms with van der Waals surface area (Å²) < 4.78 is 16.3. The second kappa shape index (κ2) is 11.7. The summed E-state index contributed by atoms with van der Waals surface area (Å²) in [7, 11) is 10.4. The number of amides is 1. The van der Waals surface area contributed by atoms with Gasteiger partial charge in [-0.05, 0) is 29.8 Å². The highest BCUT2D eigenvalue weighted by Gasteiger charge is 2.12. The minimum Gasteiger partial charge on any atom is -0.497 e. The third kappa shape index (κ3) is 7.09. The van der Waals surface area contributed by atoms with Crippen LogP contribution in [0.3, 0.4) is 0 Å². The molecule has 0 aliphatic heterocycles. The molecule has 0 aliphatic rings. The van der Waals surface area contributed by atoms with Crippen molar-refractivity contribution in [3.05, 3.63) is 53.6 Å². The van der Waals surface area contributed by atoms with E-state index >= 15 is 0 Å². The van der Waals surface area contributed by atoms with Gasteiger partial charge >= 0.3 is 0 Å². The Hall–Kier alpha value is -3.42. The molecule has 0 saturated heterocycles. The summed E-state index contributed by atoms with van der Waals surface area (Å²) in [5.41, 5.74) is 2.04. The van der Waals surface area contributed by atoms with Gasteiger partial charge in [0.1, 0.15) is 17.2 Å². The van der Waals surface area contributed by atoms with E-state index in [1.807, 2.05) is 54.4 Å². The van der Waals surface area contributed by atoms with Crippen molar-refractivity contribution in [2.45, 2.75) is 13.1 Å². The molecule has 2 aromatic rings. The SMILES string of the molecule is CN=C(NCc1cccc(OCC(=O)N(C)C)c1)N(C)Cc1ccc(OC)cc1OC. The van der Waals surface area contributed by atoms with Crippen LogP contribution in [0, 0.1) is 0 Å². The highest BCUT2D eigenvalue weighted by Crippen LogP contribution is 2.25. The molecule has 0 radical (unpaired) electrons. The molecule has 1 N–H and O–H groups in total. The molecular weight excluding hydrogens is 396 g/mol. The number of carbonyl (C=O) groups excluding carboxylic acids is 1. The number of guanidine groups is 1. The van der Waals surface area contributed by atoms with Crippen LogP contribution in [0.1, 0.15) is 11.1 Å². The molecular formula is C23H32N4O4. The summed E-state index contributed by atoms with van der Waals surface area (Å²) in [6.07, 6.45) is 0. The van der Waals surface area contributed by atoms with Crippen molar-refractivity contribution in [2.24, 2.45) is 4.99 Å². The van der Waals surface area contributed by atoms with Gasteiger partial charge in [0.15, 0.2) is 12.6 Å². The Morgan fingerprint density at radius 3 is 2.45 bits per heavy atom. The maximum Gasteiger partial charge on any atom is 0.259 e. The number of hydrogen-bond donors (Lipinski definition) is 1. The normalized spacial score (nSPS) is 11.0. The quantitative estimate of drug-likeness (QED) is 0.488. The van der Waals surface area contributed by atoms with Gasteiger partial charge in [0.25, 0.3) is 5.91 Å². The van der Waals surface area contributed by atoms with Gasteiger partial charge in [-0.15, -0.1) is 0 Å². The first-order valence-electron chi connectivity index (χ1n) is 9.92. The molecule has 2 rings (SSSR count). The Balaban J connectivity index is 1.98. The highest BCUT2D eigenvalue weighted by molar-refractivity contribution is 5.79. The third-order valence-corrected chi connectivity index (χ3v) is 4.69. The van der Waals surface area contributed by atoms with Crippen LogP contribution in [0.15, 0.2) is 47.5 Å². The van der Waals surface area contributed by atoms with Crippen LogP contribution >= 0.6 is 0 Å². The lowest BCUT2D eigenvalue weighted by Crippen LogP contribution is -2.38. The molecule has 1 amide bonds. The fourth-order valence-corrected chi connectivity index (χ4v) is 2.90. The van der Waals surface area contributed by atoms with Gasteiger partial charge in [-0.1, -0.05) is 12.1 Å². The first-order valence-corrected chi connectivity index (χ1v) is 9.92. The number of ether oxygens (including phenoxy) is 3. The lowest BCUT2D eigenvalue weighted by molar-refractivity contribution is -0.130. The first-order chi connectivity index (χ1) is 14.9. The summed E-state index contributed by atoms with van der Waals surface area (Å²) in [6, 6.07) is 13.4. The lowest BCUT2D eigenvalue weighted by Gasteiger charge is -2.23. The number of hydrogen-bond acceptors (Lipinski definition) is 5. The van der Waals surface area contributed by atoms with Crippen molar-refractivity contribution in [3.63, 3.8) is 0 Å². The predicted molar refractivity (Wildman–Crippen MR) is 122 cm³/mol. The second-order valence-electron chi connectivity index (χ2n) is 7.16. The van der Waals surface area contributed by atoms with Crippen molar-refractivity contribution in [1.29, 1.82) is 0 Å². The highest BCUT2D eigenvalue weighted by atomic mass is 16.5. The van der Waals surface area contributed by atoms with Crippen LogP contribution in [-0.2, 0) is 17.9 Å². The number of nitrogens with zero attached hydrogens (tertiary/aromatic N) is 3. The maximum atomic E-state index is 11.7. The Morgan fingerprint density at radius 2 is 1.81 bits per heavy atom. The van der Waals surface area contributed by atoms with E-state index in [0.717, 1.165) is 28.6 Å². The van der Waals surface area contributed by atoms with Gasteiger partial charge in [-0.25, -0.2) is 0 Å². The van der Waals surface area contributed by atoms with Gasteiger partial charge in [0.2, 0.25) is 0 Å². The largest absolute Gasteiger partial charge is 0.497 e.